The zero-order valence-electron chi connectivity index (χ0n) is 18.9. The number of nitrogens with one attached hydrogen (secondary N) is 2. The molecule has 0 aliphatic carbocycles. The quantitative estimate of drug-likeness (QED) is 0.576. The molecule has 3 aliphatic heterocycles. The molecule has 33 heavy (non-hydrogen) atoms. The van der Waals surface area contributed by atoms with E-state index in [0.717, 1.165) is 56.3 Å². The molecule has 174 valence electrons. The maximum Gasteiger partial charge on any atom is 0.247 e. The van der Waals surface area contributed by atoms with E-state index in [1.807, 2.05) is 27.9 Å². The van der Waals surface area contributed by atoms with Crippen molar-refractivity contribution in [1.82, 2.24) is 39.5 Å². The largest absolute Gasteiger partial charge is 0.365 e. The monoisotopic (exact) mass is 450 g/mol. The van der Waals surface area contributed by atoms with Crippen LogP contribution in [-0.2, 0) is 11.3 Å². The van der Waals surface area contributed by atoms with Crippen molar-refractivity contribution < 1.29 is 4.79 Å². The molecule has 2 unspecified atom stereocenters. The van der Waals surface area contributed by atoms with E-state index < -0.39 is 0 Å². The predicted molar refractivity (Wildman–Crippen MR) is 125 cm³/mol. The van der Waals surface area contributed by atoms with Crippen molar-refractivity contribution in [2.75, 3.05) is 56.5 Å². The van der Waals surface area contributed by atoms with E-state index in [0.29, 0.717) is 18.0 Å². The Kier molecular flexibility index (Phi) is 5.14. The van der Waals surface area contributed by atoms with Crippen LogP contribution in [0.1, 0.15) is 12.8 Å². The first-order chi connectivity index (χ1) is 16.1. The number of hydrogen-bond acceptors (Lipinski definition) is 8. The fraction of sp³-hybridized carbons (Fsp3) is 0.545. The van der Waals surface area contributed by atoms with E-state index in [1.54, 1.807) is 10.9 Å². The van der Waals surface area contributed by atoms with Gasteiger partial charge in [0.05, 0.1) is 17.6 Å². The van der Waals surface area contributed by atoms with Gasteiger partial charge in [0.1, 0.15) is 6.54 Å². The SMILES string of the molecule is CN1CCN(C(=O)Cn2cc(Nc3nc4c(N5CC6CCC(C5)N6)cccn4n3)cn2)CC1. The molecule has 3 aliphatic rings. The van der Waals surface area contributed by atoms with Crippen LogP contribution in [0.15, 0.2) is 30.7 Å². The van der Waals surface area contributed by atoms with Crippen LogP contribution in [0, 0.1) is 0 Å². The molecule has 0 aromatic carbocycles. The molecule has 1 amide bonds. The maximum absolute atomic E-state index is 12.6. The van der Waals surface area contributed by atoms with Crippen molar-refractivity contribution >= 4 is 28.9 Å². The number of nitrogens with zero attached hydrogens (tertiary/aromatic N) is 8. The second-order valence-electron chi connectivity index (χ2n) is 9.38. The number of likely N-dealkylation sites (N-methyl/N-ethyl adjacent to an activating group) is 1. The van der Waals surface area contributed by atoms with Crippen LogP contribution in [0.25, 0.3) is 5.65 Å². The number of amides is 1. The summed E-state index contributed by atoms with van der Waals surface area (Å²) in [6.45, 7) is 5.59. The summed E-state index contributed by atoms with van der Waals surface area (Å²) in [5.74, 6) is 0.615. The van der Waals surface area contributed by atoms with Gasteiger partial charge < -0.3 is 25.3 Å². The number of hydrogen-bond donors (Lipinski definition) is 2. The molecule has 2 bridgehead atoms. The van der Waals surface area contributed by atoms with E-state index in [9.17, 15) is 4.79 Å². The van der Waals surface area contributed by atoms with Crippen LogP contribution in [0.5, 0.6) is 0 Å². The van der Waals surface area contributed by atoms with Crippen molar-refractivity contribution in [2.24, 2.45) is 0 Å². The van der Waals surface area contributed by atoms with Gasteiger partial charge in [-0.25, -0.2) is 4.52 Å². The van der Waals surface area contributed by atoms with Gasteiger partial charge in [-0.2, -0.15) is 10.1 Å². The number of rotatable bonds is 5. The van der Waals surface area contributed by atoms with Crippen molar-refractivity contribution in [3.8, 4) is 0 Å². The molecular weight excluding hydrogens is 420 g/mol. The second-order valence-corrected chi connectivity index (χ2v) is 9.38. The number of piperazine rings is 2. The number of carbonyl (C=O) groups is 1. The Bertz CT molecular complexity index is 1140. The first-order valence-electron chi connectivity index (χ1n) is 11.7. The molecule has 2 atom stereocenters. The van der Waals surface area contributed by atoms with Gasteiger partial charge in [0.15, 0.2) is 5.65 Å². The molecule has 3 fully saturated rings. The molecule has 3 aromatic heterocycles. The lowest BCUT2D eigenvalue weighted by molar-refractivity contribution is -0.133. The first kappa shape index (κ1) is 20.4. The summed E-state index contributed by atoms with van der Waals surface area (Å²) in [5, 5.41) is 15.9. The minimum atomic E-state index is 0.0956. The lowest BCUT2D eigenvalue weighted by Crippen LogP contribution is -2.51. The molecule has 11 nitrogen and oxygen atoms in total. The fourth-order valence-electron chi connectivity index (χ4n) is 5.12. The van der Waals surface area contributed by atoms with E-state index in [2.05, 4.69) is 43.7 Å². The molecule has 0 radical (unpaired) electrons. The van der Waals surface area contributed by atoms with E-state index in [4.69, 9.17) is 4.98 Å². The highest BCUT2D eigenvalue weighted by atomic mass is 16.2. The summed E-state index contributed by atoms with van der Waals surface area (Å²) in [6.07, 6.45) is 7.94. The van der Waals surface area contributed by atoms with E-state index in [1.165, 1.54) is 12.8 Å². The van der Waals surface area contributed by atoms with Gasteiger partial charge in [0, 0.05) is 63.7 Å². The minimum Gasteiger partial charge on any atom is -0.365 e. The minimum absolute atomic E-state index is 0.0956. The zero-order valence-corrected chi connectivity index (χ0v) is 18.9. The molecule has 6 rings (SSSR count). The van der Waals surface area contributed by atoms with Gasteiger partial charge >= 0.3 is 0 Å². The van der Waals surface area contributed by atoms with Gasteiger partial charge in [-0.3, -0.25) is 9.48 Å². The summed E-state index contributed by atoms with van der Waals surface area (Å²) < 4.78 is 3.49. The molecule has 11 heteroatoms. The van der Waals surface area contributed by atoms with Crippen molar-refractivity contribution in [2.45, 2.75) is 31.5 Å². The van der Waals surface area contributed by atoms with Gasteiger partial charge in [-0.1, -0.05) is 0 Å². The Morgan fingerprint density at radius 1 is 1.18 bits per heavy atom. The second kappa shape index (κ2) is 8.31. The molecule has 3 saturated heterocycles. The third kappa shape index (κ3) is 4.13. The molecule has 3 aromatic rings. The zero-order chi connectivity index (χ0) is 22.4. The third-order valence-electron chi connectivity index (χ3n) is 6.94. The highest BCUT2D eigenvalue weighted by molar-refractivity contribution is 5.76. The van der Waals surface area contributed by atoms with Crippen LogP contribution in [0.3, 0.4) is 0 Å². The van der Waals surface area contributed by atoms with Gasteiger partial charge in [-0.05, 0) is 32.0 Å². The molecule has 2 N–H and O–H groups in total. The van der Waals surface area contributed by atoms with Crippen LogP contribution < -0.4 is 15.5 Å². The summed E-state index contributed by atoms with van der Waals surface area (Å²) in [4.78, 5) is 23.9. The average Bonchev–Trinajstić information content (AvgIpc) is 3.52. The van der Waals surface area contributed by atoms with Crippen LogP contribution in [0.4, 0.5) is 17.3 Å². The Morgan fingerprint density at radius 2 is 1.97 bits per heavy atom. The van der Waals surface area contributed by atoms with E-state index in [-0.39, 0.29) is 12.5 Å². The molecule has 6 heterocycles. The Morgan fingerprint density at radius 3 is 2.76 bits per heavy atom. The number of fused-ring (bicyclic) bond motifs is 3. The summed E-state index contributed by atoms with van der Waals surface area (Å²) in [6, 6.07) is 5.26. The van der Waals surface area contributed by atoms with Gasteiger partial charge in [0.2, 0.25) is 11.9 Å². The highest BCUT2D eigenvalue weighted by Crippen LogP contribution is 2.28. The topological polar surface area (TPSA) is 98.9 Å². The lowest BCUT2D eigenvalue weighted by Gasteiger charge is -2.34. The highest BCUT2D eigenvalue weighted by Gasteiger charge is 2.33. The van der Waals surface area contributed by atoms with Crippen LogP contribution in [-0.4, -0.2) is 98.5 Å². The van der Waals surface area contributed by atoms with Crippen molar-refractivity contribution in [1.29, 1.82) is 0 Å². The van der Waals surface area contributed by atoms with Crippen LogP contribution >= 0.6 is 0 Å². The van der Waals surface area contributed by atoms with Crippen molar-refractivity contribution in [3.63, 3.8) is 0 Å². The van der Waals surface area contributed by atoms with E-state index >= 15 is 0 Å². The van der Waals surface area contributed by atoms with Gasteiger partial charge in [0.25, 0.3) is 0 Å². The number of carbonyl (C=O) groups excluding carboxylic acids is 1. The fourth-order valence-corrected chi connectivity index (χ4v) is 5.12. The Balaban J connectivity index is 1.14. The molecule has 0 spiro atoms. The van der Waals surface area contributed by atoms with Crippen molar-refractivity contribution in [3.05, 3.63) is 30.7 Å². The average molecular weight is 451 g/mol. The van der Waals surface area contributed by atoms with Crippen LogP contribution in [0.2, 0.25) is 0 Å². The first-order valence-corrected chi connectivity index (χ1v) is 11.7. The maximum atomic E-state index is 12.6. The molecule has 0 saturated carbocycles. The third-order valence-corrected chi connectivity index (χ3v) is 6.94. The van der Waals surface area contributed by atoms with Gasteiger partial charge in [-0.15, -0.1) is 5.10 Å². The Hall–Kier alpha value is -3.18. The molecular formula is C22H30N10O. The smallest absolute Gasteiger partial charge is 0.247 e. The number of anilines is 3. The number of aromatic nitrogens is 5. The Labute approximate surface area is 192 Å². The lowest BCUT2D eigenvalue weighted by atomic mass is 10.2. The summed E-state index contributed by atoms with van der Waals surface area (Å²) in [5.41, 5.74) is 2.72. The summed E-state index contributed by atoms with van der Waals surface area (Å²) in [7, 11) is 2.08. The number of pyridine rings is 1. The predicted octanol–water partition coefficient (Wildman–Crippen LogP) is 0.384. The summed E-state index contributed by atoms with van der Waals surface area (Å²) >= 11 is 0. The standard InChI is InChI=1S/C22H30N10O/c1-28-7-9-29(10-8-28)20(33)15-31-14-18(11-23-31)25-22-26-21-19(3-2-6-32(21)27-22)30-12-16-4-5-17(13-30)24-16/h2-3,6,11,14,16-17,24H,4-5,7-10,12-13,15H2,1H3,(H,25,27). The normalized spacial score (nSPS) is 23.4.